The summed E-state index contributed by atoms with van der Waals surface area (Å²) < 4.78 is 40.8. The minimum Gasteiger partial charge on any atom is -0.459 e. The number of sulfonamides is 1. The van der Waals surface area contributed by atoms with Crippen molar-refractivity contribution in [1.29, 1.82) is 0 Å². The first kappa shape index (κ1) is 22.4. The maximum absolute atomic E-state index is 12.8. The number of ether oxygens (including phenoxy) is 1. The number of carbonyl (C=O) groups is 1. The van der Waals surface area contributed by atoms with Crippen LogP contribution in [0.3, 0.4) is 0 Å². The van der Waals surface area contributed by atoms with E-state index in [0.29, 0.717) is 24.3 Å². The normalized spacial score (nSPS) is 14.9. The summed E-state index contributed by atoms with van der Waals surface area (Å²) in [4.78, 5) is 29.2. The van der Waals surface area contributed by atoms with E-state index < -0.39 is 21.7 Å². The quantitative estimate of drug-likeness (QED) is 0.370. The van der Waals surface area contributed by atoms with E-state index in [4.69, 9.17) is 9.15 Å². The second-order valence-corrected chi connectivity index (χ2v) is 10.3. The summed E-state index contributed by atoms with van der Waals surface area (Å²) >= 11 is 0. The Labute approximate surface area is 195 Å². The van der Waals surface area contributed by atoms with Gasteiger partial charge in [-0.2, -0.15) is 4.31 Å². The van der Waals surface area contributed by atoms with Gasteiger partial charge < -0.3 is 13.6 Å². The number of aryl methyl sites for hydroxylation is 2. The molecule has 0 atom stereocenters. The predicted octanol–water partition coefficient (Wildman–Crippen LogP) is 2.47. The van der Waals surface area contributed by atoms with Gasteiger partial charge in [0.2, 0.25) is 10.0 Å². The van der Waals surface area contributed by atoms with Crippen LogP contribution in [0.25, 0.3) is 16.7 Å². The number of hydrogen-bond acceptors (Lipinski definition) is 7. The Bertz CT molecular complexity index is 1540. The van der Waals surface area contributed by atoms with E-state index in [1.165, 1.54) is 27.1 Å². The van der Waals surface area contributed by atoms with Crippen molar-refractivity contribution >= 4 is 32.7 Å². The highest BCUT2D eigenvalue weighted by atomic mass is 32.2. The Hall–Kier alpha value is -3.44. The number of oxazole rings is 1. The maximum Gasteiger partial charge on any atom is 0.419 e. The van der Waals surface area contributed by atoms with Crippen LogP contribution in [0.4, 0.5) is 0 Å². The van der Waals surface area contributed by atoms with Crippen molar-refractivity contribution in [3.63, 3.8) is 0 Å². The molecule has 1 aliphatic heterocycles. The molecule has 4 aromatic rings. The highest BCUT2D eigenvalue weighted by molar-refractivity contribution is 7.89. The zero-order valence-electron chi connectivity index (χ0n) is 18.6. The van der Waals surface area contributed by atoms with Gasteiger partial charge in [0.05, 0.1) is 22.5 Å². The van der Waals surface area contributed by atoms with E-state index in [-0.39, 0.29) is 30.1 Å². The Morgan fingerprint density at radius 3 is 2.76 bits per heavy atom. The lowest BCUT2D eigenvalue weighted by Gasteiger charge is -2.15. The van der Waals surface area contributed by atoms with E-state index in [2.05, 4.69) is 4.98 Å². The number of pyridine rings is 1. The lowest BCUT2D eigenvalue weighted by Crippen LogP contribution is -2.27. The van der Waals surface area contributed by atoms with Crippen LogP contribution in [0, 0.1) is 6.92 Å². The molecule has 0 spiro atoms. The minimum absolute atomic E-state index is 0.0265. The summed E-state index contributed by atoms with van der Waals surface area (Å²) in [7, 11) is -3.63. The average Bonchev–Trinajstić information content (AvgIpc) is 3.55. The van der Waals surface area contributed by atoms with E-state index >= 15 is 0 Å². The highest BCUT2D eigenvalue weighted by Crippen LogP contribution is 2.24. The van der Waals surface area contributed by atoms with Crippen molar-refractivity contribution < 1.29 is 22.4 Å². The van der Waals surface area contributed by atoms with Gasteiger partial charge in [0.15, 0.2) is 5.58 Å². The van der Waals surface area contributed by atoms with Gasteiger partial charge in [-0.3, -0.25) is 9.36 Å². The minimum atomic E-state index is -3.63. The number of imidazole rings is 1. The zero-order valence-corrected chi connectivity index (χ0v) is 19.5. The van der Waals surface area contributed by atoms with Gasteiger partial charge in [0, 0.05) is 38.1 Å². The molecule has 0 N–H and O–H groups in total. The van der Waals surface area contributed by atoms with Crippen molar-refractivity contribution in [3.8, 4) is 0 Å². The molecule has 0 amide bonds. The predicted molar refractivity (Wildman–Crippen MR) is 123 cm³/mol. The first-order chi connectivity index (χ1) is 16.3. The molecule has 1 aromatic carbocycles. The first-order valence-electron chi connectivity index (χ1n) is 11.1. The molecule has 4 heterocycles. The summed E-state index contributed by atoms with van der Waals surface area (Å²) in [5, 5.41) is 0. The van der Waals surface area contributed by atoms with Crippen LogP contribution in [0.15, 0.2) is 56.8 Å². The number of carbonyl (C=O) groups excluding carboxylic acids is 1. The van der Waals surface area contributed by atoms with Crippen molar-refractivity contribution in [2.75, 3.05) is 13.1 Å². The van der Waals surface area contributed by atoms with Crippen molar-refractivity contribution in [2.24, 2.45) is 0 Å². The molecule has 10 nitrogen and oxygen atoms in total. The lowest BCUT2D eigenvalue weighted by atomic mass is 10.3. The standard InChI is InChI=1S/C23H24N4O6S/c1-16-5-4-9-25-14-17(24-22(16)25)15-32-21(28)8-12-27-19-7-6-18(13-20(19)33-23(27)29)34(30,31)26-10-2-3-11-26/h4-7,9,13-14H,2-3,8,10-12,15H2,1H3. The Morgan fingerprint density at radius 2 is 2.00 bits per heavy atom. The molecule has 178 valence electrons. The molecule has 0 radical (unpaired) electrons. The molecule has 0 unspecified atom stereocenters. The van der Waals surface area contributed by atoms with Crippen LogP contribution in [-0.4, -0.2) is 45.7 Å². The van der Waals surface area contributed by atoms with Gasteiger partial charge in [-0.25, -0.2) is 18.2 Å². The fourth-order valence-corrected chi connectivity index (χ4v) is 5.73. The fraction of sp³-hybridized carbons (Fsp3) is 0.348. The molecule has 0 aliphatic carbocycles. The van der Waals surface area contributed by atoms with Crippen molar-refractivity contribution in [1.82, 2.24) is 18.3 Å². The molecule has 11 heteroatoms. The molecule has 3 aromatic heterocycles. The van der Waals surface area contributed by atoms with Crippen molar-refractivity contribution in [2.45, 2.75) is 44.2 Å². The maximum atomic E-state index is 12.8. The average molecular weight is 485 g/mol. The highest BCUT2D eigenvalue weighted by Gasteiger charge is 2.28. The van der Waals surface area contributed by atoms with Crippen LogP contribution in [0.5, 0.6) is 0 Å². The monoisotopic (exact) mass is 484 g/mol. The third-order valence-electron chi connectivity index (χ3n) is 5.99. The molecule has 0 bridgehead atoms. The molecule has 1 fully saturated rings. The molecule has 34 heavy (non-hydrogen) atoms. The summed E-state index contributed by atoms with van der Waals surface area (Å²) in [5.74, 6) is -1.14. The third-order valence-corrected chi connectivity index (χ3v) is 7.89. The second-order valence-electron chi connectivity index (χ2n) is 8.33. The smallest absolute Gasteiger partial charge is 0.419 e. The molecule has 1 aliphatic rings. The second kappa shape index (κ2) is 8.73. The van der Waals surface area contributed by atoms with Gasteiger partial charge in [-0.05, 0) is 43.5 Å². The first-order valence-corrected chi connectivity index (χ1v) is 12.5. The molecule has 0 saturated carbocycles. The number of rotatable bonds is 7. The van der Waals surface area contributed by atoms with Crippen molar-refractivity contribution in [3.05, 3.63) is 64.5 Å². The lowest BCUT2D eigenvalue weighted by molar-refractivity contribution is -0.145. The number of nitrogens with zero attached hydrogens (tertiary/aromatic N) is 4. The van der Waals surface area contributed by atoms with Crippen LogP contribution >= 0.6 is 0 Å². The summed E-state index contributed by atoms with van der Waals surface area (Å²) in [6.07, 6.45) is 5.30. The topological polar surface area (TPSA) is 116 Å². The molecular weight excluding hydrogens is 460 g/mol. The van der Waals surface area contributed by atoms with Crippen LogP contribution in [0.2, 0.25) is 0 Å². The number of benzene rings is 1. The number of esters is 1. The summed E-state index contributed by atoms with van der Waals surface area (Å²) in [6, 6.07) is 8.23. The SMILES string of the molecule is Cc1cccn2cc(COC(=O)CCn3c(=O)oc4cc(S(=O)(=O)N5CCCC5)ccc43)nc12. The van der Waals surface area contributed by atoms with Gasteiger partial charge >= 0.3 is 11.7 Å². The van der Waals surface area contributed by atoms with Crippen LogP contribution in [0.1, 0.15) is 30.5 Å². The van der Waals surface area contributed by atoms with Gasteiger partial charge in [0.25, 0.3) is 0 Å². The Balaban J connectivity index is 1.26. The van der Waals surface area contributed by atoms with E-state index in [9.17, 15) is 18.0 Å². The van der Waals surface area contributed by atoms with Crippen LogP contribution in [-0.2, 0) is 32.7 Å². The Kier molecular flexibility index (Phi) is 5.74. The zero-order chi connectivity index (χ0) is 23.9. The number of hydrogen-bond donors (Lipinski definition) is 0. The number of fused-ring (bicyclic) bond motifs is 2. The molecular formula is C23H24N4O6S. The fourth-order valence-electron chi connectivity index (χ4n) is 4.20. The van der Waals surface area contributed by atoms with E-state index in [1.807, 2.05) is 29.7 Å². The largest absolute Gasteiger partial charge is 0.459 e. The van der Waals surface area contributed by atoms with Gasteiger partial charge in [-0.15, -0.1) is 0 Å². The number of aromatic nitrogens is 3. The molecule has 5 rings (SSSR count). The van der Waals surface area contributed by atoms with Gasteiger partial charge in [-0.1, -0.05) is 6.07 Å². The molecule has 1 saturated heterocycles. The van der Waals surface area contributed by atoms with Gasteiger partial charge in [0.1, 0.15) is 12.3 Å². The summed E-state index contributed by atoms with van der Waals surface area (Å²) in [6.45, 7) is 3.01. The van der Waals surface area contributed by atoms with E-state index in [1.54, 1.807) is 6.20 Å². The Morgan fingerprint density at radius 1 is 1.21 bits per heavy atom. The van der Waals surface area contributed by atoms with E-state index in [0.717, 1.165) is 24.1 Å². The third kappa shape index (κ3) is 4.12. The van der Waals surface area contributed by atoms with Crippen LogP contribution < -0.4 is 5.76 Å². The summed E-state index contributed by atoms with van der Waals surface area (Å²) in [5.41, 5.74) is 3.03.